The molecule has 4 heterocycles. The molecule has 1 aromatic carbocycles. The van der Waals surface area contributed by atoms with Crippen LogP contribution in [0.2, 0.25) is 0 Å². The SMILES string of the molecule is Cc1cc(NC(=O)C2CCCN(c3nccc4nc(NCc5ccccc5C)ncc34)C2)no1. The minimum absolute atomic E-state index is 0.0582. The lowest BCUT2D eigenvalue weighted by Crippen LogP contribution is -2.41. The van der Waals surface area contributed by atoms with Gasteiger partial charge >= 0.3 is 0 Å². The second kappa shape index (κ2) is 9.46. The number of anilines is 3. The van der Waals surface area contributed by atoms with E-state index in [1.165, 1.54) is 11.1 Å². The first kappa shape index (κ1) is 21.8. The summed E-state index contributed by atoms with van der Waals surface area (Å²) in [5.41, 5.74) is 3.25. The lowest BCUT2D eigenvalue weighted by Gasteiger charge is -2.33. The third-order valence-corrected chi connectivity index (χ3v) is 6.16. The lowest BCUT2D eigenvalue weighted by molar-refractivity contribution is -0.120. The van der Waals surface area contributed by atoms with Gasteiger partial charge in [0.15, 0.2) is 5.82 Å². The maximum absolute atomic E-state index is 12.8. The molecular formula is C25H27N7O2. The standard InChI is InChI=1S/C25H27N7O2/c1-16-6-3-4-7-18(16)13-27-25-28-14-20-21(29-25)9-10-26-23(20)32-11-5-8-19(15-32)24(33)30-22-12-17(2)34-31-22/h3-4,6-7,9-10,12,14,19H,5,8,11,13,15H2,1-2H3,(H,27,28,29)(H,30,31,33). The lowest BCUT2D eigenvalue weighted by atomic mass is 9.97. The average Bonchev–Trinajstić information content (AvgIpc) is 3.27. The van der Waals surface area contributed by atoms with Gasteiger partial charge in [0.25, 0.3) is 0 Å². The fraction of sp³-hybridized carbons (Fsp3) is 0.320. The predicted octanol–water partition coefficient (Wildman–Crippen LogP) is 4.10. The maximum Gasteiger partial charge on any atom is 0.230 e. The molecule has 9 nitrogen and oxygen atoms in total. The van der Waals surface area contributed by atoms with E-state index in [1.807, 2.05) is 24.4 Å². The number of amides is 1. The second-order valence-corrected chi connectivity index (χ2v) is 8.64. The molecule has 0 aliphatic carbocycles. The Balaban J connectivity index is 1.31. The highest BCUT2D eigenvalue weighted by molar-refractivity contribution is 5.93. The van der Waals surface area contributed by atoms with Crippen molar-refractivity contribution in [1.82, 2.24) is 20.1 Å². The molecule has 0 spiro atoms. The van der Waals surface area contributed by atoms with Gasteiger partial charge in [-0.3, -0.25) is 4.79 Å². The molecule has 1 atom stereocenters. The molecule has 0 radical (unpaired) electrons. The summed E-state index contributed by atoms with van der Waals surface area (Å²) in [5, 5.41) is 10.9. The number of fused-ring (bicyclic) bond motifs is 1. The third-order valence-electron chi connectivity index (χ3n) is 6.16. The van der Waals surface area contributed by atoms with E-state index in [1.54, 1.807) is 19.2 Å². The number of piperidine rings is 1. The Morgan fingerprint density at radius 1 is 1.21 bits per heavy atom. The van der Waals surface area contributed by atoms with E-state index >= 15 is 0 Å². The van der Waals surface area contributed by atoms with Crippen LogP contribution in [0.3, 0.4) is 0 Å². The molecule has 5 rings (SSSR count). The van der Waals surface area contributed by atoms with Crippen LogP contribution < -0.4 is 15.5 Å². The smallest absolute Gasteiger partial charge is 0.230 e. The van der Waals surface area contributed by atoms with E-state index in [-0.39, 0.29) is 11.8 Å². The quantitative estimate of drug-likeness (QED) is 0.445. The first-order valence-corrected chi connectivity index (χ1v) is 11.5. The number of pyridine rings is 1. The highest BCUT2D eigenvalue weighted by Gasteiger charge is 2.28. The molecule has 3 aromatic heterocycles. The summed E-state index contributed by atoms with van der Waals surface area (Å²) in [5.74, 6) is 2.26. The summed E-state index contributed by atoms with van der Waals surface area (Å²) in [4.78, 5) is 28.8. The van der Waals surface area contributed by atoms with Crippen LogP contribution in [0.1, 0.15) is 29.7 Å². The minimum Gasteiger partial charge on any atom is -0.360 e. The Morgan fingerprint density at radius 2 is 2.09 bits per heavy atom. The normalized spacial score (nSPS) is 15.9. The van der Waals surface area contributed by atoms with E-state index in [2.05, 4.69) is 49.7 Å². The van der Waals surface area contributed by atoms with Crippen molar-refractivity contribution in [3.8, 4) is 0 Å². The largest absolute Gasteiger partial charge is 0.360 e. The van der Waals surface area contributed by atoms with Gasteiger partial charge in [0, 0.05) is 38.1 Å². The first-order chi connectivity index (χ1) is 16.6. The molecule has 1 aliphatic heterocycles. The van der Waals surface area contributed by atoms with Gasteiger partial charge in [-0.1, -0.05) is 29.4 Å². The van der Waals surface area contributed by atoms with Gasteiger partial charge in [-0.2, -0.15) is 0 Å². The molecule has 1 aliphatic rings. The van der Waals surface area contributed by atoms with Gasteiger partial charge in [-0.15, -0.1) is 0 Å². The Bertz CT molecular complexity index is 1320. The third kappa shape index (κ3) is 4.68. The molecule has 1 amide bonds. The number of nitrogens with one attached hydrogen (secondary N) is 2. The van der Waals surface area contributed by atoms with E-state index < -0.39 is 0 Å². The summed E-state index contributed by atoms with van der Waals surface area (Å²) in [6.45, 7) is 5.94. The summed E-state index contributed by atoms with van der Waals surface area (Å²) in [6, 6.07) is 11.9. The van der Waals surface area contributed by atoms with Crippen LogP contribution in [-0.2, 0) is 11.3 Å². The van der Waals surface area contributed by atoms with E-state index in [4.69, 9.17) is 9.51 Å². The van der Waals surface area contributed by atoms with Crippen LogP contribution in [0.25, 0.3) is 10.9 Å². The Hall–Kier alpha value is -4.01. The number of benzene rings is 1. The van der Waals surface area contributed by atoms with Crippen LogP contribution in [0, 0.1) is 19.8 Å². The number of aryl methyl sites for hydroxylation is 2. The van der Waals surface area contributed by atoms with Gasteiger partial charge in [-0.25, -0.2) is 15.0 Å². The number of aromatic nitrogens is 4. The zero-order valence-corrected chi connectivity index (χ0v) is 19.3. The molecule has 0 saturated carbocycles. The summed E-state index contributed by atoms with van der Waals surface area (Å²) >= 11 is 0. The number of carbonyl (C=O) groups excluding carboxylic acids is 1. The van der Waals surface area contributed by atoms with Crippen LogP contribution in [-0.4, -0.2) is 39.1 Å². The Labute approximate surface area is 197 Å². The van der Waals surface area contributed by atoms with Crippen molar-refractivity contribution in [1.29, 1.82) is 0 Å². The fourth-order valence-electron chi connectivity index (χ4n) is 4.30. The molecule has 9 heteroatoms. The van der Waals surface area contributed by atoms with Crippen molar-refractivity contribution < 1.29 is 9.32 Å². The maximum atomic E-state index is 12.8. The van der Waals surface area contributed by atoms with Crippen molar-refractivity contribution in [2.75, 3.05) is 28.6 Å². The van der Waals surface area contributed by atoms with Gasteiger partial charge in [0.2, 0.25) is 11.9 Å². The van der Waals surface area contributed by atoms with E-state index in [0.29, 0.717) is 30.6 Å². The zero-order chi connectivity index (χ0) is 23.5. The number of nitrogens with zero attached hydrogens (tertiary/aromatic N) is 5. The Morgan fingerprint density at radius 3 is 2.91 bits per heavy atom. The van der Waals surface area contributed by atoms with Gasteiger partial charge in [0.1, 0.15) is 11.6 Å². The Kier molecular flexibility index (Phi) is 6.07. The van der Waals surface area contributed by atoms with Crippen molar-refractivity contribution >= 4 is 34.4 Å². The topological polar surface area (TPSA) is 109 Å². The van der Waals surface area contributed by atoms with E-state index in [0.717, 1.165) is 36.1 Å². The number of hydrogen-bond acceptors (Lipinski definition) is 8. The molecule has 34 heavy (non-hydrogen) atoms. The molecule has 174 valence electrons. The highest BCUT2D eigenvalue weighted by Crippen LogP contribution is 2.28. The molecule has 1 fully saturated rings. The van der Waals surface area contributed by atoms with Crippen molar-refractivity contribution in [2.24, 2.45) is 5.92 Å². The van der Waals surface area contributed by atoms with Crippen molar-refractivity contribution in [3.05, 3.63) is 65.7 Å². The predicted molar refractivity (Wildman–Crippen MR) is 131 cm³/mol. The highest BCUT2D eigenvalue weighted by atomic mass is 16.5. The monoisotopic (exact) mass is 457 g/mol. The molecule has 0 bridgehead atoms. The first-order valence-electron chi connectivity index (χ1n) is 11.5. The van der Waals surface area contributed by atoms with Gasteiger partial charge in [-0.05, 0) is 43.9 Å². The molecule has 1 unspecified atom stereocenters. The fourth-order valence-corrected chi connectivity index (χ4v) is 4.30. The number of carbonyl (C=O) groups is 1. The molecular weight excluding hydrogens is 430 g/mol. The van der Waals surface area contributed by atoms with Gasteiger partial charge < -0.3 is 20.1 Å². The summed E-state index contributed by atoms with van der Waals surface area (Å²) in [6.07, 6.45) is 5.28. The van der Waals surface area contributed by atoms with Gasteiger partial charge in [0.05, 0.1) is 16.8 Å². The second-order valence-electron chi connectivity index (χ2n) is 8.64. The zero-order valence-electron chi connectivity index (χ0n) is 19.3. The minimum atomic E-state index is -0.168. The number of hydrogen-bond donors (Lipinski definition) is 2. The van der Waals surface area contributed by atoms with Crippen LogP contribution >= 0.6 is 0 Å². The average molecular weight is 458 g/mol. The van der Waals surface area contributed by atoms with Crippen LogP contribution in [0.4, 0.5) is 17.6 Å². The van der Waals surface area contributed by atoms with Crippen LogP contribution in [0.5, 0.6) is 0 Å². The van der Waals surface area contributed by atoms with Crippen molar-refractivity contribution in [3.63, 3.8) is 0 Å². The van der Waals surface area contributed by atoms with E-state index in [9.17, 15) is 4.79 Å². The molecule has 2 N–H and O–H groups in total. The summed E-state index contributed by atoms with van der Waals surface area (Å²) < 4.78 is 5.05. The molecule has 4 aromatic rings. The van der Waals surface area contributed by atoms with Crippen LogP contribution in [0.15, 0.2) is 53.3 Å². The molecule has 1 saturated heterocycles. The summed E-state index contributed by atoms with van der Waals surface area (Å²) in [7, 11) is 0. The number of rotatable bonds is 6. The van der Waals surface area contributed by atoms with Crippen molar-refractivity contribution in [2.45, 2.75) is 33.2 Å².